The molecule has 0 saturated carbocycles. The predicted octanol–water partition coefficient (Wildman–Crippen LogP) is 6.35. The van der Waals surface area contributed by atoms with E-state index in [4.69, 9.17) is 0 Å². The van der Waals surface area contributed by atoms with Crippen LogP contribution in [0.1, 0.15) is 75.3 Å². The maximum atomic E-state index is 14.0. The fraction of sp³-hybridized carbons (Fsp3) is 0.344. The highest BCUT2D eigenvalue weighted by atomic mass is 16.1. The third-order valence-electron chi connectivity index (χ3n) is 7.39. The van der Waals surface area contributed by atoms with Crippen LogP contribution in [0.5, 0.6) is 0 Å². The molecule has 0 atom stereocenters. The number of para-hydroxylation sites is 1. The minimum Gasteiger partial charge on any atom is -0.292 e. The number of aromatic amines is 1. The minimum absolute atomic E-state index is 0.0206. The molecule has 0 spiro atoms. The Labute approximate surface area is 235 Å². The number of pyridine rings is 1. The van der Waals surface area contributed by atoms with Crippen molar-refractivity contribution < 1.29 is 0 Å². The Morgan fingerprint density at radius 1 is 0.950 bits per heavy atom. The highest BCUT2D eigenvalue weighted by Gasteiger charge is 2.19. The van der Waals surface area contributed by atoms with Crippen LogP contribution < -0.4 is 5.69 Å². The summed E-state index contributed by atoms with van der Waals surface area (Å²) >= 11 is 0. The number of unbranched alkanes of at least 4 members (excludes halogenated alkanes) is 1. The van der Waals surface area contributed by atoms with Crippen molar-refractivity contribution >= 4 is 0 Å². The van der Waals surface area contributed by atoms with Crippen LogP contribution in [0.25, 0.3) is 28.2 Å². The lowest BCUT2D eigenvalue weighted by molar-refractivity contribution is 0.672. The van der Waals surface area contributed by atoms with E-state index < -0.39 is 0 Å². The Morgan fingerprint density at radius 2 is 1.77 bits per heavy atom. The number of aryl methyl sites for hydroxylation is 2. The van der Waals surface area contributed by atoms with E-state index in [1.54, 1.807) is 6.20 Å². The topological polar surface area (TPSA) is 94.3 Å². The zero-order chi connectivity index (χ0) is 28.1. The molecule has 0 amide bonds. The summed E-state index contributed by atoms with van der Waals surface area (Å²) in [6.45, 7) is 9.29. The molecule has 3 aromatic heterocycles. The first-order valence-electron chi connectivity index (χ1n) is 14.2. The highest BCUT2D eigenvalue weighted by Crippen LogP contribution is 2.30. The average Bonchev–Trinajstić information content (AvgIpc) is 3.61. The van der Waals surface area contributed by atoms with Crippen LogP contribution in [0, 0.1) is 0 Å². The second-order valence-electron chi connectivity index (χ2n) is 10.6. The molecule has 0 aliphatic carbocycles. The number of hydrogen-bond acceptors (Lipinski definition) is 5. The lowest BCUT2D eigenvalue weighted by Gasteiger charge is -2.17. The molecule has 206 valence electrons. The van der Waals surface area contributed by atoms with E-state index in [2.05, 4.69) is 102 Å². The van der Waals surface area contributed by atoms with Crippen LogP contribution in [-0.4, -0.2) is 34.7 Å². The van der Waals surface area contributed by atoms with Crippen LogP contribution >= 0.6 is 0 Å². The fourth-order valence-corrected chi connectivity index (χ4v) is 5.32. The van der Waals surface area contributed by atoms with Crippen LogP contribution in [0.2, 0.25) is 0 Å². The molecular formula is C32H37N7O. The van der Waals surface area contributed by atoms with Gasteiger partial charge in [0.25, 0.3) is 0 Å². The number of nitrogens with one attached hydrogen (secondary N) is 1. The summed E-state index contributed by atoms with van der Waals surface area (Å²) < 4.78 is 3.86. The van der Waals surface area contributed by atoms with Gasteiger partial charge in [-0.05, 0) is 58.7 Å². The standard InChI is InChI=1S/C32H37N7O/c1-5-7-11-26-21-39(30-25(9-6-2)10-8-12-27(30)22(3)4)32(40)38(26)20-23-13-15-24(16-14-23)29-19-33-18-17-28(29)31-34-36-37-35-31/h8,10,12-19,21-22H,5-7,9,11,20H2,1-4H3,(H,34,35,36,37). The number of aromatic nitrogens is 7. The van der Waals surface area contributed by atoms with Gasteiger partial charge in [-0.15, -0.1) is 10.2 Å². The fourth-order valence-electron chi connectivity index (χ4n) is 5.32. The molecular weight excluding hydrogens is 498 g/mol. The number of imidazole rings is 1. The van der Waals surface area contributed by atoms with Crippen LogP contribution in [0.4, 0.5) is 0 Å². The molecule has 0 radical (unpaired) electrons. The smallest absolute Gasteiger partial charge is 0.292 e. The average molecular weight is 536 g/mol. The molecule has 0 fully saturated rings. The summed E-state index contributed by atoms with van der Waals surface area (Å²) in [7, 11) is 0. The van der Waals surface area contributed by atoms with E-state index in [1.807, 2.05) is 21.4 Å². The molecule has 0 bridgehead atoms. The lowest BCUT2D eigenvalue weighted by Crippen LogP contribution is -2.26. The third kappa shape index (κ3) is 5.52. The van der Waals surface area contributed by atoms with E-state index in [-0.39, 0.29) is 5.69 Å². The molecule has 0 saturated heterocycles. The maximum absolute atomic E-state index is 14.0. The summed E-state index contributed by atoms with van der Waals surface area (Å²) in [4.78, 5) is 18.4. The Bertz CT molecular complexity index is 1610. The van der Waals surface area contributed by atoms with Gasteiger partial charge in [0.15, 0.2) is 0 Å². The molecule has 0 aliphatic heterocycles. The third-order valence-corrected chi connectivity index (χ3v) is 7.39. The molecule has 8 nitrogen and oxygen atoms in total. The Hall–Kier alpha value is -4.33. The summed E-state index contributed by atoms with van der Waals surface area (Å²) in [6.07, 6.45) is 10.6. The Kier molecular flexibility index (Phi) is 8.34. The molecule has 8 heteroatoms. The van der Waals surface area contributed by atoms with E-state index >= 15 is 0 Å². The van der Waals surface area contributed by atoms with Gasteiger partial charge in [0, 0.05) is 35.4 Å². The van der Waals surface area contributed by atoms with Crippen LogP contribution in [0.15, 0.2) is 71.9 Å². The second kappa shape index (κ2) is 12.2. The number of benzene rings is 2. The van der Waals surface area contributed by atoms with Gasteiger partial charge in [0.05, 0.1) is 12.2 Å². The van der Waals surface area contributed by atoms with E-state index in [1.165, 1.54) is 11.1 Å². The summed E-state index contributed by atoms with van der Waals surface area (Å²) in [5.41, 5.74) is 8.45. The zero-order valence-electron chi connectivity index (χ0n) is 23.8. The van der Waals surface area contributed by atoms with Gasteiger partial charge < -0.3 is 0 Å². The number of hydrogen-bond donors (Lipinski definition) is 1. The quantitative estimate of drug-likeness (QED) is 0.213. The van der Waals surface area contributed by atoms with Gasteiger partial charge in [0.2, 0.25) is 5.82 Å². The maximum Gasteiger partial charge on any atom is 0.333 e. The van der Waals surface area contributed by atoms with Gasteiger partial charge in [-0.1, -0.05) is 83.0 Å². The van der Waals surface area contributed by atoms with E-state index in [0.717, 1.165) is 65.7 Å². The monoisotopic (exact) mass is 535 g/mol. The van der Waals surface area contributed by atoms with Crippen molar-refractivity contribution in [1.29, 1.82) is 0 Å². The first-order valence-corrected chi connectivity index (χ1v) is 14.2. The van der Waals surface area contributed by atoms with Crippen LogP contribution in [-0.2, 0) is 19.4 Å². The van der Waals surface area contributed by atoms with Crippen LogP contribution in [0.3, 0.4) is 0 Å². The lowest BCUT2D eigenvalue weighted by atomic mass is 9.95. The summed E-state index contributed by atoms with van der Waals surface area (Å²) in [6, 6.07) is 16.6. The van der Waals surface area contributed by atoms with Gasteiger partial charge in [0.1, 0.15) is 0 Å². The normalized spacial score (nSPS) is 11.4. The van der Waals surface area contributed by atoms with Crippen molar-refractivity contribution in [3.05, 3.63) is 100.0 Å². The Balaban J connectivity index is 1.52. The number of tetrazole rings is 1. The van der Waals surface area contributed by atoms with Crippen molar-refractivity contribution in [2.45, 2.75) is 72.3 Å². The minimum atomic E-state index is 0.0206. The van der Waals surface area contributed by atoms with Crippen molar-refractivity contribution in [2.75, 3.05) is 0 Å². The molecule has 40 heavy (non-hydrogen) atoms. The van der Waals surface area contributed by atoms with Gasteiger partial charge in [-0.3, -0.25) is 14.1 Å². The van der Waals surface area contributed by atoms with E-state index in [0.29, 0.717) is 18.3 Å². The van der Waals surface area contributed by atoms with Gasteiger partial charge in [-0.2, -0.15) is 5.21 Å². The predicted molar refractivity (Wildman–Crippen MR) is 159 cm³/mol. The van der Waals surface area contributed by atoms with Gasteiger partial charge in [-0.25, -0.2) is 4.79 Å². The summed E-state index contributed by atoms with van der Waals surface area (Å²) in [5.74, 6) is 0.845. The molecule has 2 aromatic carbocycles. The molecule has 0 unspecified atom stereocenters. The van der Waals surface area contributed by atoms with Crippen molar-refractivity contribution in [3.8, 4) is 28.2 Å². The zero-order valence-corrected chi connectivity index (χ0v) is 23.8. The molecule has 1 N–H and O–H groups in total. The van der Waals surface area contributed by atoms with Crippen molar-refractivity contribution in [1.82, 2.24) is 34.7 Å². The Morgan fingerprint density at radius 3 is 2.48 bits per heavy atom. The molecule has 5 aromatic rings. The number of rotatable bonds is 11. The first-order chi connectivity index (χ1) is 19.5. The first kappa shape index (κ1) is 27.2. The van der Waals surface area contributed by atoms with Gasteiger partial charge >= 0.3 is 5.69 Å². The number of nitrogens with zero attached hydrogens (tertiary/aromatic N) is 6. The largest absolute Gasteiger partial charge is 0.333 e. The molecule has 3 heterocycles. The van der Waals surface area contributed by atoms with Crippen molar-refractivity contribution in [2.24, 2.45) is 0 Å². The highest BCUT2D eigenvalue weighted by molar-refractivity contribution is 5.79. The molecule has 5 rings (SSSR count). The second-order valence-corrected chi connectivity index (χ2v) is 10.6. The summed E-state index contributed by atoms with van der Waals surface area (Å²) in [5, 5.41) is 14.5. The molecule has 0 aliphatic rings. The van der Waals surface area contributed by atoms with Crippen molar-refractivity contribution in [3.63, 3.8) is 0 Å². The van der Waals surface area contributed by atoms with E-state index in [9.17, 15) is 4.79 Å². The number of H-pyrrole nitrogens is 1. The SMILES string of the molecule is CCCCc1cn(-c2c(CCC)cccc2C(C)C)c(=O)n1Cc1ccc(-c2cnccc2-c2nn[nH]n2)cc1.